The predicted octanol–water partition coefficient (Wildman–Crippen LogP) is 1.66. The van der Waals surface area contributed by atoms with Gasteiger partial charge >= 0.3 is 0 Å². The number of hydrogen-bond acceptors (Lipinski definition) is 5. The van der Waals surface area contributed by atoms with Gasteiger partial charge in [-0.15, -0.1) is 0 Å². The number of piperazine rings is 1. The number of H-pyrrole nitrogens is 1. The highest BCUT2D eigenvalue weighted by Crippen LogP contribution is 2.31. The molecule has 27 heavy (non-hydrogen) atoms. The molecule has 1 atom stereocenters. The van der Waals surface area contributed by atoms with Gasteiger partial charge in [-0.3, -0.25) is 14.4 Å². The Labute approximate surface area is 157 Å². The molecular formula is C20H23N3O4. The Morgan fingerprint density at radius 1 is 1.22 bits per heavy atom. The molecule has 0 aromatic carbocycles. The lowest BCUT2D eigenvalue weighted by Gasteiger charge is -2.34. The summed E-state index contributed by atoms with van der Waals surface area (Å²) in [4.78, 5) is 44.7. The molecule has 4 rings (SSSR count). The van der Waals surface area contributed by atoms with Crippen LogP contribution in [0.4, 0.5) is 0 Å². The number of ketones is 1. The highest BCUT2D eigenvalue weighted by atomic mass is 16.3. The average Bonchev–Trinajstić information content (AvgIpc) is 3.22. The van der Waals surface area contributed by atoms with E-state index in [1.807, 2.05) is 6.07 Å². The minimum Gasteiger partial charge on any atom is -0.469 e. The number of aromatic amines is 1. The summed E-state index contributed by atoms with van der Waals surface area (Å²) in [6, 6.07) is 5.12. The first-order valence-corrected chi connectivity index (χ1v) is 9.41. The summed E-state index contributed by atoms with van der Waals surface area (Å²) in [6.45, 7) is 5.83. The lowest BCUT2D eigenvalue weighted by Crippen LogP contribution is -2.49. The van der Waals surface area contributed by atoms with Crippen LogP contribution in [0.3, 0.4) is 0 Å². The second-order valence-corrected chi connectivity index (χ2v) is 7.17. The zero-order chi connectivity index (χ0) is 19.0. The fourth-order valence-electron chi connectivity index (χ4n) is 3.95. The zero-order valence-corrected chi connectivity index (χ0v) is 15.4. The Kier molecular flexibility index (Phi) is 4.70. The first-order chi connectivity index (χ1) is 13.1. The standard InChI is InChI=1S/C20H23N3O4/c1-2-22-5-7-23(8-6-22)20(26)15-12-14-16(21-19(15)25)10-13(11-17(14)24)18-4-3-9-27-18/h3-4,9,12-13H,2,5-8,10-11H2,1H3,(H,21,25). The van der Waals surface area contributed by atoms with E-state index in [1.54, 1.807) is 17.2 Å². The van der Waals surface area contributed by atoms with Crippen LogP contribution < -0.4 is 5.56 Å². The molecule has 0 saturated carbocycles. The van der Waals surface area contributed by atoms with Gasteiger partial charge in [0.05, 0.1) is 6.26 Å². The number of carbonyl (C=O) groups is 2. The molecule has 1 amide bonds. The van der Waals surface area contributed by atoms with Crippen molar-refractivity contribution in [3.8, 4) is 0 Å². The van der Waals surface area contributed by atoms with Crippen LogP contribution in [-0.4, -0.2) is 59.2 Å². The molecule has 1 N–H and O–H groups in total. The molecule has 1 unspecified atom stereocenters. The van der Waals surface area contributed by atoms with E-state index in [-0.39, 0.29) is 23.2 Å². The van der Waals surface area contributed by atoms with E-state index in [0.717, 1.165) is 25.4 Å². The van der Waals surface area contributed by atoms with Crippen LogP contribution in [0.15, 0.2) is 33.7 Å². The number of hydrogen-bond donors (Lipinski definition) is 1. The smallest absolute Gasteiger partial charge is 0.261 e. The number of carbonyl (C=O) groups excluding carboxylic acids is 2. The molecular weight excluding hydrogens is 346 g/mol. The Morgan fingerprint density at radius 2 is 2.00 bits per heavy atom. The van der Waals surface area contributed by atoms with E-state index in [1.165, 1.54) is 6.07 Å². The maximum atomic E-state index is 12.8. The molecule has 1 aliphatic carbocycles. The van der Waals surface area contributed by atoms with Gasteiger partial charge < -0.3 is 19.2 Å². The van der Waals surface area contributed by atoms with E-state index in [2.05, 4.69) is 16.8 Å². The Hall–Kier alpha value is -2.67. The van der Waals surface area contributed by atoms with E-state index < -0.39 is 5.56 Å². The number of pyridine rings is 1. The Morgan fingerprint density at radius 3 is 2.67 bits per heavy atom. The second-order valence-electron chi connectivity index (χ2n) is 7.17. The third-order valence-corrected chi connectivity index (χ3v) is 5.59. The van der Waals surface area contributed by atoms with E-state index >= 15 is 0 Å². The van der Waals surface area contributed by atoms with Crippen molar-refractivity contribution < 1.29 is 14.0 Å². The number of fused-ring (bicyclic) bond motifs is 1. The van der Waals surface area contributed by atoms with Gasteiger partial charge in [0.2, 0.25) is 0 Å². The van der Waals surface area contributed by atoms with Crippen molar-refractivity contribution in [1.29, 1.82) is 0 Å². The van der Waals surface area contributed by atoms with Crippen molar-refractivity contribution >= 4 is 11.7 Å². The molecule has 2 aromatic rings. The van der Waals surface area contributed by atoms with Crippen molar-refractivity contribution in [3.63, 3.8) is 0 Å². The lowest BCUT2D eigenvalue weighted by molar-refractivity contribution is 0.0641. The molecule has 7 heteroatoms. The predicted molar refractivity (Wildman–Crippen MR) is 99.2 cm³/mol. The molecule has 7 nitrogen and oxygen atoms in total. The monoisotopic (exact) mass is 369 g/mol. The fourth-order valence-corrected chi connectivity index (χ4v) is 3.95. The van der Waals surface area contributed by atoms with Crippen molar-refractivity contribution in [2.45, 2.75) is 25.7 Å². The number of nitrogens with one attached hydrogen (secondary N) is 1. The maximum absolute atomic E-state index is 12.8. The molecule has 0 radical (unpaired) electrons. The van der Waals surface area contributed by atoms with Gasteiger partial charge in [-0.25, -0.2) is 0 Å². The number of amides is 1. The molecule has 1 aliphatic heterocycles. The molecule has 2 aromatic heterocycles. The minimum atomic E-state index is -0.426. The van der Waals surface area contributed by atoms with Crippen LogP contribution in [0.2, 0.25) is 0 Å². The Balaban J connectivity index is 1.59. The number of likely N-dealkylation sites (N-methyl/N-ethyl adjacent to an activating group) is 1. The first-order valence-electron chi connectivity index (χ1n) is 9.41. The van der Waals surface area contributed by atoms with Crippen molar-refractivity contribution in [1.82, 2.24) is 14.8 Å². The SMILES string of the molecule is CCN1CCN(C(=O)c2cc3c([nH]c2=O)CC(c2ccco2)CC3=O)CC1. The Bertz CT molecular complexity index is 908. The van der Waals surface area contributed by atoms with Gasteiger partial charge in [-0.2, -0.15) is 0 Å². The summed E-state index contributed by atoms with van der Waals surface area (Å²) >= 11 is 0. The first kappa shape index (κ1) is 17.7. The molecule has 2 aliphatic rings. The summed E-state index contributed by atoms with van der Waals surface area (Å²) in [6.07, 6.45) is 2.42. The number of aromatic nitrogens is 1. The van der Waals surface area contributed by atoms with Gasteiger partial charge in [0.1, 0.15) is 11.3 Å². The van der Waals surface area contributed by atoms with Gasteiger partial charge in [-0.1, -0.05) is 6.92 Å². The second kappa shape index (κ2) is 7.15. The van der Waals surface area contributed by atoms with Gasteiger partial charge in [-0.05, 0) is 31.2 Å². The third kappa shape index (κ3) is 3.35. The van der Waals surface area contributed by atoms with E-state index in [9.17, 15) is 14.4 Å². The molecule has 1 saturated heterocycles. The molecule has 0 spiro atoms. The summed E-state index contributed by atoms with van der Waals surface area (Å²) in [7, 11) is 0. The number of nitrogens with zero attached hydrogens (tertiary/aromatic N) is 2. The molecule has 142 valence electrons. The molecule has 3 heterocycles. The van der Waals surface area contributed by atoms with Crippen LogP contribution in [-0.2, 0) is 6.42 Å². The van der Waals surface area contributed by atoms with Crippen molar-refractivity contribution in [2.75, 3.05) is 32.7 Å². The van der Waals surface area contributed by atoms with Crippen LogP contribution in [0, 0.1) is 0 Å². The largest absolute Gasteiger partial charge is 0.469 e. The molecule has 0 bridgehead atoms. The summed E-state index contributed by atoms with van der Waals surface area (Å²) in [5, 5.41) is 0. The van der Waals surface area contributed by atoms with Gasteiger partial charge in [0.25, 0.3) is 11.5 Å². The van der Waals surface area contributed by atoms with Gasteiger partial charge in [0, 0.05) is 49.8 Å². The van der Waals surface area contributed by atoms with Crippen LogP contribution in [0.25, 0.3) is 0 Å². The minimum absolute atomic E-state index is 0.0588. The number of rotatable bonds is 3. The topological polar surface area (TPSA) is 86.6 Å². The summed E-state index contributed by atoms with van der Waals surface area (Å²) in [5.74, 6) is 0.289. The van der Waals surface area contributed by atoms with Gasteiger partial charge in [0.15, 0.2) is 5.78 Å². The average molecular weight is 369 g/mol. The fraction of sp³-hybridized carbons (Fsp3) is 0.450. The van der Waals surface area contributed by atoms with Crippen molar-refractivity contribution in [2.24, 2.45) is 0 Å². The van der Waals surface area contributed by atoms with Crippen LogP contribution in [0.1, 0.15) is 51.4 Å². The lowest BCUT2D eigenvalue weighted by atomic mass is 9.84. The summed E-state index contributed by atoms with van der Waals surface area (Å²) < 4.78 is 5.42. The van der Waals surface area contributed by atoms with E-state index in [0.29, 0.717) is 37.2 Å². The maximum Gasteiger partial charge on any atom is 0.261 e. The third-order valence-electron chi connectivity index (χ3n) is 5.59. The molecule has 1 fully saturated rings. The van der Waals surface area contributed by atoms with Crippen LogP contribution >= 0.6 is 0 Å². The highest BCUT2D eigenvalue weighted by Gasteiger charge is 2.31. The zero-order valence-electron chi connectivity index (χ0n) is 15.4. The van der Waals surface area contributed by atoms with Crippen molar-refractivity contribution in [3.05, 3.63) is 57.4 Å². The highest BCUT2D eigenvalue weighted by molar-refractivity contribution is 6.02. The number of furan rings is 1. The summed E-state index contributed by atoms with van der Waals surface area (Å²) in [5.41, 5.74) is 0.672. The van der Waals surface area contributed by atoms with E-state index in [4.69, 9.17) is 4.42 Å². The van der Waals surface area contributed by atoms with Crippen LogP contribution in [0.5, 0.6) is 0 Å². The number of Topliss-reactive ketones (excluding diaryl/α,β-unsaturated/α-hetero) is 1. The quantitative estimate of drug-likeness (QED) is 0.889. The normalized spacial score (nSPS) is 20.6.